The summed E-state index contributed by atoms with van der Waals surface area (Å²) in [5.74, 6) is -1.22. The van der Waals surface area contributed by atoms with Gasteiger partial charge < -0.3 is 34.6 Å². The molecule has 3 aliphatic rings. The highest BCUT2D eigenvalue weighted by Gasteiger charge is 2.58. The van der Waals surface area contributed by atoms with Crippen molar-refractivity contribution in [2.45, 2.75) is 143 Å². The maximum atomic E-state index is 13.8. The number of ether oxygens (including phenoxy) is 3. The first kappa shape index (κ1) is 33.7. The average Bonchev–Trinajstić information content (AvgIpc) is 2.92. The minimum Gasteiger partial charge on any atom is -0.462 e. The zero-order valence-corrected chi connectivity index (χ0v) is 27.3. The van der Waals surface area contributed by atoms with E-state index in [1.807, 2.05) is 27.8 Å². The van der Waals surface area contributed by atoms with Crippen molar-refractivity contribution in [2.75, 3.05) is 26.7 Å². The Kier molecular flexibility index (Phi) is 10.5. The number of rotatable bonds is 1. The smallest absolute Gasteiger partial charge is 0.311 e. The molecule has 3 rings (SSSR count). The molecule has 0 radical (unpaired) electrons. The normalized spacial score (nSPS) is 44.8. The second kappa shape index (κ2) is 12.5. The third-order valence-corrected chi connectivity index (χ3v) is 10.2. The predicted octanol–water partition coefficient (Wildman–Crippen LogP) is 4.36. The number of carbonyl (C=O) groups is 1. The second-order valence-corrected chi connectivity index (χ2v) is 15.1. The molecule has 3 aliphatic heterocycles. The number of nitrogens with one attached hydrogen (secondary N) is 1. The molecule has 1 spiro atoms. The zero-order chi connectivity index (χ0) is 30.3. The first-order valence-electron chi connectivity index (χ1n) is 15.8. The van der Waals surface area contributed by atoms with Gasteiger partial charge in [0, 0.05) is 44.9 Å². The molecule has 0 aromatic rings. The van der Waals surface area contributed by atoms with Gasteiger partial charge in [-0.3, -0.25) is 4.79 Å². The Morgan fingerprint density at radius 3 is 2.23 bits per heavy atom. The SMILES string of the molecule is CC[C@@H]1C[C@@](C)(O)[C@H](O)[C@@H](C)N(C)C[C@H](C)C[C@]2(C)OC3(CCNCC3)O[C@@H]([C@H](C)[C@H]2C(C)(C)C)[C@@H](C)C(=O)O1. The van der Waals surface area contributed by atoms with E-state index in [-0.39, 0.29) is 47.7 Å². The van der Waals surface area contributed by atoms with Gasteiger partial charge >= 0.3 is 5.97 Å². The van der Waals surface area contributed by atoms with Gasteiger partial charge in [0.25, 0.3) is 0 Å². The summed E-state index contributed by atoms with van der Waals surface area (Å²) >= 11 is 0. The molecule has 0 unspecified atom stereocenters. The molecular weight excluding hydrogens is 508 g/mol. The van der Waals surface area contributed by atoms with E-state index in [0.717, 1.165) is 38.9 Å². The van der Waals surface area contributed by atoms with Crippen molar-refractivity contribution in [3.63, 3.8) is 0 Å². The van der Waals surface area contributed by atoms with Crippen molar-refractivity contribution in [2.24, 2.45) is 29.1 Å². The summed E-state index contributed by atoms with van der Waals surface area (Å²) in [5.41, 5.74) is -2.03. The zero-order valence-electron chi connectivity index (χ0n) is 27.3. The minimum atomic E-state index is -1.41. The van der Waals surface area contributed by atoms with Crippen molar-refractivity contribution >= 4 is 5.97 Å². The first-order valence-corrected chi connectivity index (χ1v) is 15.8. The third-order valence-electron chi connectivity index (χ3n) is 10.2. The highest BCUT2D eigenvalue weighted by atomic mass is 16.7. The summed E-state index contributed by atoms with van der Waals surface area (Å²) in [4.78, 5) is 15.9. The van der Waals surface area contributed by atoms with Gasteiger partial charge in [-0.05, 0) is 70.8 Å². The standard InChI is InChI=1S/C32H60N2O6/c1-12-24-18-30(9,37)27(35)23(5)34(11)19-20(2)17-31(10)26(29(6,7)8)21(3)25(22(4)28(36)38-24)39-32(40-31)13-15-33-16-14-32/h20-27,33,35,37H,12-19H2,1-11H3/t20-,21+,22-,23-,24-,25+,26+,27-,30-,31+/m1/s1. The highest BCUT2D eigenvalue weighted by Crippen LogP contribution is 2.53. The van der Waals surface area contributed by atoms with E-state index in [1.54, 1.807) is 6.92 Å². The number of hydrogen-bond acceptors (Lipinski definition) is 8. The topological polar surface area (TPSA) is 100 Å². The molecule has 40 heavy (non-hydrogen) atoms. The Morgan fingerprint density at radius 1 is 1.07 bits per heavy atom. The number of esters is 1. The fourth-order valence-electron chi connectivity index (χ4n) is 8.50. The van der Waals surface area contributed by atoms with Crippen LogP contribution in [0.5, 0.6) is 0 Å². The van der Waals surface area contributed by atoms with Crippen LogP contribution in [0.15, 0.2) is 0 Å². The molecule has 2 bridgehead atoms. The number of fused-ring (bicyclic) bond motifs is 3. The maximum Gasteiger partial charge on any atom is 0.311 e. The fourth-order valence-corrected chi connectivity index (χ4v) is 8.50. The van der Waals surface area contributed by atoms with E-state index in [0.29, 0.717) is 6.42 Å². The summed E-state index contributed by atoms with van der Waals surface area (Å²) in [6.07, 6.45) is 1.07. The van der Waals surface area contributed by atoms with Crippen LogP contribution in [-0.4, -0.2) is 89.1 Å². The molecule has 3 fully saturated rings. The van der Waals surface area contributed by atoms with Gasteiger partial charge in [0.15, 0.2) is 5.79 Å². The second-order valence-electron chi connectivity index (χ2n) is 15.1. The van der Waals surface area contributed by atoms with Gasteiger partial charge in [0.05, 0.1) is 29.3 Å². The molecule has 0 aromatic carbocycles. The largest absolute Gasteiger partial charge is 0.462 e. The van der Waals surface area contributed by atoms with Crippen LogP contribution in [0.25, 0.3) is 0 Å². The molecule has 10 atom stereocenters. The van der Waals surface area contributed by atoms with Crippen molar-refractivity contribution in [3.8, 4) is 0 Å². The number of likely N-dealkylation sites (N-methyl/N-ethyl adjacent to an activating group) is 1. The molecule has 0 amide bonds. The van der Waals surface area contributed by atoms with Crippen molar-refractivity contribution in [1.29, 1.82) is 0 Å². The lowest BCUT2D eigenvalue weighted by atomic mass is 9.61. The Labute approximate surface area is 243 Å². The summed E-state index contributed by atoms with van der Waals surface area (Å²) in [5, 5.41) is 26.1. The summed E-state index contributed by atoms with van der Waals surface area (Å²) in [6.45, 7) is 23.4. The van der Waals surface area contributed by atoms with E-state index in [1.165, 1.54) is 0 Å². The van der Waals surface area contributed by atoms with Crippen LogP contribution >= 0.6 is 0 Å². The fraction of sp³-hybridized carbons (Fsp3) is 0.969. The van der Waals surface area contributed by atoms with E-state index >= 15 is 0 Å². The van der Waals surface area contributed by atoms with Crippen molar-refractivity contribution in [3.05, 3.63) is 0 Å². The molecule has 3 heterocycles. The van der Waals surface area contributed by atoms with E-state index < -0.39 is 35.1 Å². The van der Waals surface area contributed by atoms with Crippen LogP contribution in [0, 0.1) is 29.1 Å². The van der Waals surface area contributed by atoms with Gasteiger partial charge in [-0.25, -0.2) is 0 Å². The summed E-state index contributed by atoms with van der Waals surface area (Å²) < 4.78 is 20.4. The van der Waals surface area contributed by atoms with Crippen LogP contribution in [0.2, 0.25) is 0 Å². The number of nitrogens with zero attached hydrogens (tertiary/aromatic N) is 1. The lowest BCUT2D eigenvalue weighted by molar-refractivity contribution is -0.309. The molecule has 0 aliphatic carbocycles. The Bertz CT molecular complexity index is 853. The Hall–Kier alpha value is -0.770. The lowest BCUT2D eigenvalue weighted by Crippen LogP contribution is -2.56. The number of aliphatic hydroxyl groups is 2. The lowest BCUT2D eigenvalue weighted by Gasteiger charge is -2.50. The monoisotopic (exact) mass is 568 g/mol. The Morgan fingerprint density at radius 2 is 1.68 bits per heavy atom. The molecule has 3 N–H and O–H groups in total. The van der Waals surface area contributed by atoms with Crippen molar-refractivity contribution in [1.82, 2.24) is 10.2 Å². The van der Waals surface area contributed by atoms with Gasteiger partial charge in [0.2, 0.25) is 0 Å². The first-order chi connectivity index (χ1) is 18.4. The molecule has 0 saturated carbocycles. The maximum absolute atomic E-state index is 13.8. The summed E-state index contributed by atoms with van der Waals surface area (Å²) in [7, 11) is 2.01. The summed E-state index contributed by atoms with van der Waals surface area (Å²) in [6, 6.07) is -0.291. The predicted molar refractivity (Wildman–Crippen MR) is 158 cm³/mol. The number of piperidine rings is 1. The van der Waals surface area contributed by atoms with Crippen LogP contribution in [0.1, 0.15) is 101 Å². The highest BCUT2D eigenvalue weighted by molar-refractivity contribution is 5.73. The average molecular weight is 569 g/mol. The number of hydrogen-bond donors (Lipinski definition) is 3. The molecule has 8 heteroatoms. The van der Waals surface area contributed by atoms with Gasteiger partial charge in [-0.1, -0.05) is 41.5 Å². The minimum absolute atomic E-state index is 0.0311. The number of carbonyl (C=O) groups excluding carboxylic acids is 1. The molecule has 0 aromatic heterocycles. The number of aliphatic hydroxyl groups excluding tert-OH is 1. The number of cyclic esters (lactones) is 1. The molecule has 3 saturated heterocycles. The van der Waals surface area contributed by atoms with Crippen LogP contribution in [0.4, 0.5) is 0 Å². The van der Waals surface area contributed by atoms with E-state index in [4.69, 9.17) is 14.2 Å². The van der Waals surface area contributed by atoms with Crippen molar-refractivity contribution < 1.29 is 29.2 Å². The van der Waals surface area contributed by atoms with Crippen LogP contribution in [0.3, 0.4) is 0 Å². The molecular formula is C32H60N2O6. The van der Waals surface area contributed by atoms with Crippen LogP contribution in [-0.2, 0) is 19.0 Å². The Balaban J connectivity index is 2.15. The van der Waals surface area contributed by atoms with E-state index in [9.17, 15) is 15.0 Å². The third kappa shape index (κ3) is 7.23. The van der Waals surface area contributed by atoms with Gasteiger partial charge in [0.1, 0.15) is 6.10 Å². The molecule has 234 valence electrons. The van der Waals surface area contributed by atoms with E-state index in [2.05, 4.69) is 51.8 Å². The van der Waals surface area contributed by atoms with Gasteiger partial charge in [-0.2, -0.15) is 0 Å². The quantitative estimate of drug-likeness (QED) is 0.402. The van der Waals surface area contributed by atoms with Crippen LogP contribution < -0.4 is 5.32 Å². The molecule has 8 nitrogen and oxygen atoms in total. The van der Waals surface area contributed by atoms with Gasteiger partial charge in [-0.15, -0.1) is 0 Å².